The van der Waals surface area contributed by atoms with Crippen LogP contribution in [0.5, 0.6) is 0 Å². The number of esters is 1. The molecule has 1 heterocycles. The summed E-state index contributed by atoms with van der Waals surface area (Å²) in [5, 5.41) is 6.50. The van der Waals surface area contributed by atoms with E-state index in [0.29, 0.717) is 5.57 Å². The number of primary amides is 1. The van der Waals surface area contributed by atoms with Gasteiger partial charge in [0.25, 0.3) is 0 Å². The molecule has 0 aromatic heterocycles. The van der Waals surface area contributed by atoms with Gasteiger partial charge in [-0.15, -0.1) is 11.8 Å². The van der Waals surface area contributed by atoms with Crippen LogP contribution in [0.25, 0.3) is 0 Å². The normalized spacial score (nSPS) is 18.8. The fourth-order valence-corrected chi connectivity index (χ4v) is 2.86. The Kier molecular flexibility index (Phi) is 6.02. The number of thioether (sulfide) groups is 1. The molecular formula is C13H12F3NO5S. The number of ether oxygens (including phenoxy) is 1. The molecule has 6 nitrogen and oxygen atoms in total. The summed E-state index contributed by atoms with van der Waals surface area (Å²) in [5.74, 6) is -3.72. The number of carboxylic acid groups (broad SMARTS) is 1. The molecule has 1 aliphatic heterocycles. The Labute approximate surface area is 132 Å². The van der Waals surface area contributed by atoms with Gasteiger partial charge in [0, 0.05) is 10.5 Å². The van der Waals surface area contributed by atoms with E-state index >= 15 is 0 Å². The van der Waals surface area contributed by atoms with Crippen molar-refractivity contribution in [1.82, 2.24) is 0 Å². The molecule has 2 rings (SSSR count). The molecule has 2 aliphatic rings. The van der Waals surface area contributed by atoms with Gasteiger partial charge in [-0.2, -0.15) is 13.2 Å². The SMILES string of the molecule is CCOC(=O)C1=C2C=CC=C2SC1C(N)=O.O=C(O)C(F)(F)F. The second-order valence-electron chi connectivity index (χ2n) is 4.14. The Morgan fingerprint density at radius 2 is 1.96 bits per heavy atom. The minimum absolute atomic E-state index is 0.286. The number of hydrogen-bond acceptors (Lipinski definition) is 5. The van der Waals surface area contributed by atoms with Crippen molar-refractivity contribution in [3.8, 4) is 0 Å². The van der Waals surface area contributed by atoms with E-state index in [1.54, 1.807) is 13.0 Å². The summed E-state index contributed by atoms with van der Waals surface area (Å²) in [6.45, 7) is 2.01. The van der Waals surface area contributed by atoms with Crippen LogP contribution in [0.2, 0.25) is 0 Å². The molecule has 0 aromatic rings. The molecule has 0 radical (unpaired) electrons. The number of halogens is 3. The highest BCUT2D eigenvalue weighted by molar-refractivity contribution is 8.05. The summed E-state index contributed by atoms with van der Waals surface area (Å²) >= 11 is 1.30. The first-order valence-corrected chi connectivity index (χ1v) is 7.03. The molecular weight excluding hydrogens is 339 g/mol. The molecule has 1 unspecified atom stereocenters. The molecule has 0 saturated heterocycles. The third-order valence-electron chi connectivity index (χ3n) is 2.57. The van der Waals surface area contributed by atoms with Crippen molar-refractivity contribution in [3.05, 3.63) is 34.3 Å². The van der Waals surface area contributed by atoms with Gasteiger partial charge in [-0.25, -0.2) is 9.59 Å². The maximum Gasteiger partial charge on any atom is 0.490 e. The number of hydrogen-bond donors (Lipinski definition) is 2. The number of carboxylic acids is 1. The summed E-state index contributed by atoms with van der Waals surface area (Å²) in [7, 11) is 0. The molecule has 3 N–H and O–H groups in total. The maximum absolute atomic E-state index is 11.7. The van der Waals surface area contributed by atoms with Crippen molar-refractivity contribution in [2.75, 3.05) is 6.61 Å². The van der Waals surface area contributed by atoms with E-state index in [2.05, 4.69) is 0 Å². The summed E-state index contributed by atoms with van der Waals surface area (Å²) in [5.41, 5.74) is 6.42. The van der Waals surface area contributed by atoms with Crippen molar-refractivity contribution in [2.24, 2.45) is 5.73 Å². The van der Waals surface area contributed by atoms with Crippen molar-refractivity contribution in [2.45, 2.75) is 18.3 Å². The number of carbonyl (C=O) groups excluding carboxylic acids is 2. The molecule has 126 valence electrons. The maximum atomic E-state index is 11.7. The first-order chi connectivity index (χ1) is 10.6. The van der Waals surface area contributed by atoms with E-state index < -0.39 is 29.3 Å². The lowest BCUT2D eigenvalue weighted by Crippen LogP contribution is -2.29. The molecule has 0 aromatic carbocycles. The van der Waals surface area contributed by atoms with Gasteiger partial charge >= 0.3 is 18.1 Å². The average molecular weight is 351 g/mol. The van der Waals surface area contributed by atoms with Crippen LogP contribution < -0.4 is 5.73 Å². The van der Waals surface area contributed by atoms with Crippen molar-refractivity contribution >= 4 is 29.6 Å². The zero-order valence-corrected chi connectivity index (χ0v) is 12.5. The van der Waals surface area contributed by atoms with E-state index in [1.165, 1.54) is 11.8 Å². The first-order valence-electron chi connectivity index (χ1n) is 6.15. The smallest absolute Gasteiger partial charge is 0.475 e. The number of alkyl halides is 3. The largest absolute Gasteiger partial charge is 0.490 e. The Hall–Kier alpha value is -2.23. The summed E-state index contributed by atoms with van der Waals surface area (Å²) in [4.78, 5) is 32.8. The molecule has 0 bridgehead atoms. The summed E-state index contributed by atoms with van der Waals surface area (Å²) in [6.07, 6.45) is 0.424. The number of nitrogens with two attached hydrogens (primary N) is 1. The van der Waals surface area contributed by atoms with Gasteiger partial charge < -0.3 is 15.6 Å². The highest BCUT2D eigenvalue weighted by atomic mass is 32.2. The Bertz CT molecular complexity index is 622. The van der Waals surface area contributed by atoms with E-state index in [-0.39, 0.29) is 6.61 Å². The van der Waals surface area contributed by atoms with E-state index in [1.807, 2.05) is 12.2 Å². The van der Waals surface area contributed by atoms with Crippen LogP contribution >= 0.6 is 11.8 Å². The predicted octanol–water partition coefficient (Wildman–Crippen LogP) is 1.53. The van der Waals surface area contributed by atoms with Gasteiger partial charge in [0.15, 0.2) is 0 Å². The minimum Gasteiger partial charge on any atom is -0.475 e. The van der Waals surface area contributed by atoms with Gasteiger partial charge in [0.05, 0.1) is 12.2 Å². The van der Waals surface area contributed by atoms with Gasteiger partial charge in [-0.1, -0.05) is 12.2 Å². The standard InChI is InChI=1S/C11H11NO3S.C2HF3O2/c1-2-15-11(14)8-6-4-3-5-7(6)16-9(8)10(12)13;3-2(4,5)1(6)7/h3-5,9H,2H2,1H3,(H2,12,13);(H,6,7). The quantitative estimate of drug-likeness (QED) is 0.747. The molecule has 0 fully saturated rings. The highest BCUT2D eigenvalue weighted by Crippen LogP contribution is 2.45. The second-order valence-corrected chi connectivity index (χ2v) is 5.29. The first kappa shape index (κ1) is 18.8. The molecule has 10 heteroatoms. The molecule has 1 atom stereocenters. The lowest BCUT2D eigenvalue weighted by Gasteiger charge is -2.09. The number of allylic oxidation sites excluding steroid dienone is 4. The third-order valence-corrected chi connectivity index (χ3v) is 3.88. The topological polar surface area (TPSA) is 107 Å². The number of carbonyl (C=O) groups is 3. The van der Waals surface area contributed by atoms with Crippen LogP contribution in [0.1, 0.15) is 6.92 Å². The molecule has 1 aliphatic carbocycles. The Balaban J connectivity index is 0.000000322. The van der Waals surface area contributed by atoms with Gasteiger partial charge in [0.1, 0.15) is 5.25 Å². The Morgan fingerprint density at radius 3 is 2.39 bits per heavy atom. The van der Waals surface area contributed by atoms with Crippen molar-refractivity contribution in [1.29, 1.82) is 0 Å². The molecule has 23 heavy (non-hydrogen) atoms. The van der Waals surface area contributed by atoms with Crippen LogP contribution in [0.4, 0.5) is 13.2 Å². The zero-order chi connectivity index (χ0) is 17.8. The Morgan fingerprint density at radius 1 is 1.39 bits per heavy atom. The van der Waals surface area contributed by atoms with Gasteiger partial charge in [0.2, 0.25) is 5.91 Å². The van der Waals surface area contributed by atoms with Gasteiger partial charge in [-0.05, 0) is 13.0 Å². The number of amides is 1. The lowest BCUT2D eigenvalue weighted by atomic mass is 10.1. The number of fused-ring (bicyclic) bond motifs is 1. The summed E-state index contributed by atoms with van der Waals surface area (Å²) < 4.78 is 36.7. The van der Waals surface area contributed by atoms with E-state index in [4.69, 9.17) is 20.4 Å². The van der Waals surface area contributed by atoms with E-state index in [9.17, 15) is 22.8 Å². The van der Waals surface area contributed by atoms with Crippen LogP contribution in [-0.2, 0) is 19.1 Å². The zero-order valence-electron chi connectivity index (χ0n) is 11.7. The van der Waals surface area contributed by atoms with Crippen LogP contribution in [0.15, 0.2) is 34.3 Å². The highest BCUT2D eigenvalue weighted by Gasteiger charge is 2.39. The van der Waals surface area contributed by atoms with Crippen LogP contribution in [0, 0.1) is 0 Å². The van der Waals surface area contributed by atoms with E-state index in [0.717, 1.165) is 10.5 Å². The fourth-order valence-electron chi connectivity index (χ4n) is 1.68. The summed E-state index contributed by atoms with van der Waals surface area (Å²) in [6, 6.07) is 0. The van der Waals surface area contributed by atoms with Crippen LogP contribution in [0.3, 0.4) is 0 Å². The lowest BCUT2D eigenvalue weighted by molar-refractivity contribution is -0.192. The van der Waals surface area contributed by atoms with Crippen molar-refractivity contribution in [3.63, 3.8) is 0 Å². The molecule has 1 amide bonds. The van der Waals surface area contributed by atoms with Gasteiger partial charge in [-0.3, -0.25) is 4.79 Å². The average Bonchev–Trinajstić information content (AvgIpc) is 2.97. The minimum atomic E-state index is -5.08. The van der Waals surface area contributed by atoms with Crippen LogP contribution in [-0.4, -0.2) is 41.0 Å². The fraction of sp³-hybridized carbons (Fsp3) is 0.308. The molecule has 0 spiro atoms. The number of rotatable bonds is 3. The van der Waals surface area contributed by atoms with Crippen molar-refractivity contribution < 1.29 is 37.4 Å². The number of aliphatic carboxylic acids is 1. The second kappa shape index (κ2) is 7.36. The predicted molar refractivity (Wildman–Crippen MR) is 75.1 cm³/mol. The third kappa shape index (κ3) is 4.62. The molecule has 0 saturated carbocycles. The monoisotopic (exact) mass is 351 g/mol.